The Hall–Kier alpha value is -2.03. The maximum atomic E-state index is 10.8. The third kappa shape index (κ3) is 4.61. The van der Waals surface area contributed by atoms with Crippen molar-refractivity contribution in [3.05, 3.63) is 77.4 Å². The molecule has 0 atom stereocenters. The van der Waals surface area contributed by atoms with E-state index in [0.29, 0.717) is 0 Å². The number of hydrogen-bond donors (Lipinski definition) is 3. The lowest BCUT2D eigenvalue weighted by atomic mass is 9.71. The van der Waals surface area contributed by atoms with Crippen LogP contribution >= 0.6 is 7.94 Å². The zero-order valence-electron chi connectivity index (χ0n) is 19.6. The van der Waals surface area contributed by atoms with E-state index in [1.54, 1.807) is 0 Å². The smallest absolute Gasteiger partial charge is 0.189 e. The molecule has 0 aliphatic carbocycles. The second-order valence-electron chi connectivity index (χ2n) is 10.3. The van der Waals surface area contributed by atoms with Crippen LogP contribution in [-0.2, 0) is 10.8 Å². The molecule has 0 amide bonds. The molecule has 0 saturated carbocycles. The Bertz CT molecular complexity index is 989. The lowest BCUT2D eigenvalue weighted by Crippen LogP contribution is -2.35. The summed E-state index contributed by atoms with van der Waals surface area (Å²) in [4.78, 5) is 32.5. The Morgan fingerprint density at radius 2 is 0.903 bits per heavy atom. The quantitative estimate of drug-likeness (QED) is 0.422. The molecule has 164 valence electrons. The van der Waals surface area contributed by atoms with Crippen LogP contribution in [0.15, 0.2) is 60.7 Å². The number of hydrogen-bond acceptors (Lipinski definition) is 3. The molecule has 4 heteroatoms. The van der Waals surface area contributed by atoms with Gasteiger partial charge in [0.1, 0.15) is 0 Å². The topological polar surface area (TPSA) is 60.7 Å². The average molecular weight is 438 g/mol. The zero-order chi connectivity index (χ0) is 23.2. The van der Waals surface area contributed by atoms with E-state index in [1.807, 2.05) is 60.7 Å². The van der Waals surface area contributed by atoms with Gasteiger partial charge in [0, 0.05) is 11.1 Å². The second kappa shape index (κ2) is 8.15. The van der Waals surface area contributed by atoms with Crippen molar-refractivity contribution >= 4 is 13.2 Å². The minimum atomic E-state index is -4.35. The Kier molecular flexibility index (Phi) is 6.21. The van der Waals surface area contributed by atoms with E-state index in [4.69, 9.17) is 0 Å². The standard InChI is InChI=1S/C27H34O3P/c1-18-21(19-14-10-8-11-15-19)23(26(2,3)4)25(31(28,29)30)24(27(5,6)7)22(18)20-16-12-9-13-17-20/h8-17,28-30H,1-7H3/q+1. The summed E-state index contributed by atoms with van der Waals surface area (Å²) in [6.07, 6.45) is 0. The Morgan fingerprint density at radius 3 is 1.16 bits per heavy atom. The van der Waals surface area contributed by atoms with Crippen molar-refractivity contribution in [3.63, 3.8) is 0 Å². The molecule has 0 bridgehead atoms. The van der Waals surface area contributed by atoms with Crippen molar-refractivity contribution in [1.82, 2.24) is 0 Å². The predicted molar refractivity (Wildman–Crippen MR) is 133 cm³/mol. The van der Waals surface area contributed by atoms with Gasteiger partial charge in [0.25, 0.3) is 0 Å². The molecule has 3 N–H and O–H groups in total. The molecule has 0 aromatic heterocycles. The summed E-state index contributed by atoms with van der Waals surface area (Å²) in [5.74, 6) is 0. The van der Waals surface area contributed by atoms with Gasteiger partial charge in [-0.05, 0) is 45.6 Å². The minimum Gasteiger partial charge on any atom is -0.189 e. The lowest BCUT2D eigenvalue weighted by Gasteiger charge is -2.34. The van der Waals surface area contributed by atoms with Crippen LogP contribution < -0.4 is 5.30 Å². The molecule has 3 rings (SSSR count). The van der Waals surface area contributed by atoms with Gasteiger partial charge in [0.15, 0.2) is 5.30 Å². The molecule has 0 spiro atoms. The third-order valence-corrected chi connectivity index (χ3v) is 6.70. The molecular formula is C27H34O3P+. The average Bonchev–Trinajstić information content (AvgIpc) is 2.66. The summed E-state index contributed by atoms with van der Waals surface area (Å²) in [6, 6.07) is 20.1. The molecule has 0 radical (unpaired) electrons. The van der Waals surface area contributed by atoms with Crippen molar-refractivity contribution < 1.29 is 14.7 Å². The molecule has 0 aliphatic rings. The summed E-state index contributed by atoms with van der Waals surface area (Å²) in [6.45, 7) is 14.4. The fourth-order valence-electron chi connectivity index (χ4n) is 4.55. The highest BCUT2D eigenvalue weighted by Gasteiger charge is 2.48. The summed E-state index contributed by atoms with van der Waals surface area (Å²) >= 11 is 0. The van der Waals surface area contributed by atoms with Gasteiger partial charge in [0.2, 0.25) is 0 Å². The normalized spacial score (nSPS) is 12.8. The van der Waals surface area contributed by atoms with Gasteiger partial charge in [-0.1, -0.05) is 102 Å². The van der Waals surface area contributed by atoms with Crippen LogP contribution in [0.4, 0.5) is 0 Å². The fourth-order valence-corrected chi connectivity index (χ4v) is 6.05. The zero-order valence-corrected chi connectivity index (χ0v) is 20.5. The van der Waals surface area contributed by atoms with Gasteiger partial charge >= 0.3 is 7.94 Å². The van der Waals surface area contributed by atoms with E-state index in [1.165, 1.54) is 0 Å². The van der Waals surface area contributed by atoms with E-state index in [-0.39, 0.29) is 5.30 Å². The predicted octanol–water partition coefficient (Wildman–Crippen LogP) is 6.29. The first kappa shape index (κ1) is 23.6. The summed E-state index contributed by atoms with van der Waals surface area (Å²) < 4.78 is 0. The van der Waals surface area contributed by atoms with Crippen LogP contribution in [0.5, 0.6) is 0 Å². The highest BCUT2D eigenvalue weighted by atomic mass is 31.2. The Labute approximate surface area is 187 Å². The van der Waals surface area contributed by atoms with Crippen LogP contribution in [0, 0.1) is 6.92 Å². The van der Waals surface area contributed by atoms with E-state index < -0.39 is 18.8 Å². The Morgan fingerprint density at radius 1 is 0.581 bits per heavy atom. The molecule has 3 aromatic carbocycles. The minimum absolute atomic E-state index is 0.288. The van der Waals surface area contributed by atoms with Crippen molar-refractivity contribution in [2.24, 2.45) is 0 Å². The van der Waals surface area contributed by atoms with Crippen LogP contribution in [0.2, 0.25) is 0 Å². The molecule has 0 saturated heterocycles. The van der Waals surface area contributed by atoms with Crippen LogP contribution in [0.25, 0.3) is 22.3 Å². The summed E-state index contributed by atoms with van der Waals surface area (Å²) in [7, 11) is -4.35. The maximum Gasteiger partial charge on any atom is 0.441 e. The van der Waals surface area contributed by atoms with E-state index in [2.05, 4.69) is 48.5 Å². The van der Waals surface area contributed by atoms with Gasteiger partial charge in [-0.3, -0.25) is 0 Å². The first-order valence-electron chi connectivity index (χ1n) is 10.6. The molecule has 0 unspecified atom stereocenters. The molecule has 3 aromatic rings. The first-order chi connectivity index (χ1) is 14.2. The molecule has 0 aliphatic heterocycles. The molecule has 0 heterocycles. The monoisotopic (exact) mass is 437 g/mol. The van der Waals surface area contributed by atoms with Crippen LogP contribution in [0.1, 0.15) is 58.2 Å². The molecule has 31 heavy (non-hydrogen) atoms. The Balaban J connectivity index is 2.70. The van der Waals surface area contributed by atoms with E-state index >= 15 is 0 Å². The van der Waals surface area contributed by atoms with E-state index in [0.717, 1.165) is 38.9 Å². The van der Waals surface area contributed by atoms with Crippen molar-refractivity contribution in [1.29, 1.82) is 0 Å². The van der Waals surface area contributed by atoms with Gasteiger partial charge in [-0.2, -0.15) is 14.7 Å². The number of rotatable bonds is 3. The van der Waals surface area contributed by atoms with Gasteiger partial charge in [-0.25, -0.2) is 0 Å². The lowest BCUT2D eigenvalue weighted by molar-refractivity contribution is 0.345. The SMILES string of the molecule is Cc1c(-c2ccccc2)c(C(C)(C)C)c([P+](O)(O)O)c(C(C)(C)C)c1-c1ccccc1. The first-order valence-corrected chi connectivity index (χ1v) is 12.3. The second-order valence-corrected chi connectivity index (χ2v) is 11.9. The largest absolute Gasteiger partial charge is 0.441 e. The molecular weight excluding hydrogens is 403 g/mol. The highest BCUT2D eigenvalue weighted by Crippen LogP contribution is 2.54. The summed E-state index contributed by atoms with van der Waals surface area (Å²) in [5.41, 5.74) is 5.70. The fraction of sp³-hybridized carbons (Fsp3) is 0.333. The maximum absolute atomic E-state index is 10.8. The van der Waals surface area contributed by atoms with Gasteiger partial charge < -0.3 is 0 Å². The molecule has 0 fully saturated rings. The highest BCUT2D eigenvalue weighted by molar-refractivity contribution is 7.67. The van der Waals surface area contributed by atoms with E-state index in [9.17, 15) is 14.7 Å². The number of benzene rings is 3. The van der Waals surface area contributed by atoms with Crippen molar-refractivity contribution in [2.75, 3.05) is 0 Å². The molecule has 3 nitrogen and oxygen atoms in total. The van der Waals surface area contributed by atoms with Gasteiger partial charge in [0.05, 0.1) is 0 Å². The van der Waals surface area contributed by atoms with Crippen LogP contribution in [-0.4, -0.2) is 14.7 Å². The van der Waals surface area contributed by atoms with Gasteiger partial charge in [-0.15, -0.1) is 0 Å². The summed E-state index contributed by atoms with van der Waals surface area (Å²) in [5, 5.41) is 0.288. The third-order valence-electron chi connectivity index (χ3n) is 5.65. The van der Waals surface area contributed by atoms with Crippen molar-refractivity contribution in [3.8, 4) is 22.3 Å². The van der Waals surface area contributed by atoms with Crippen LogP contribution in [0.3, 0.4) is 0 Å². The van der Waals surface area contributed by atoms with Crippen molar-refractivity contribution in [2.45, 2.75) is 59.3 Å².